The largest absolute Gasteiger partial charge is 0.491 e. The Morgan fingerprint density at radius 2 is 2.43 bits per heavy atom. The number of azide groups is 1. The molecule has 2 rings (SSSR count). The zero-order chi connectivity index (χ0) is 10.1. The smallest absolute Gasteiger partial charge is 0.423 e. The van der Waals surface area contributed by atoms with Crippen molar-refractivity contribution in [1.29, 1.82) is 0 Å². The van der Waals surface area contributed by atoms with Crippen molar-refractivity contribution < 1.29 is 14.1 Å². The van der Waals surface area contributed by atoms with Crippen LogP contribution in [-0.2, 0) is 11.3 Å². The molecule has 5 nitrogen and oxygen atoms in total. The van der Waals surface area contributed by atoms with Gasteiger partial charge in [0.25, 0.3) is 0 Å². The summed E-state index contributed by atoms with van der Waals surface area (Å²) in [6, 6.07) is 2.28. The van der Waals surface area contributed by atoms with Gasteiger partial charge in [0.2, 0.25) is 0 Å². The monoisotopic (exact) mass is 193 g/mol. The van der Waals surface area contributed by atoms with Crippen LogP contribution < -0.4 is 5.46 Å². The van der Waals surface area contributed by atoms with E-state index >= 15 is 0 Å². The average Bonchev–Trinajstić information content (AvgIpc) is 2.49. The van der Waals surface area contributed by atoms with Crippen LogP contribution in [0, 0.1) is 5.82 Å². The van der Waals surface area contributed by atoms with Gasteiger partial charge in [0, 0.05) is 10.6 Å². The van der Waals surface area contributed by atoms with Gasteiger partial charge in [0.1, 0.15) is 5.82 Å². The second-order valence-corrected chi connectivity index (χ2v) is 2.85. The van der Waals surface area contributed by atoms with Crippen molar-refractivity contribution in [3.63, 3.8) is 0 Å². The first-order valence-corrected chi connectivity index (χ1v) is 3.89. The first-order valence-electron chi connectivity index (χ1n) is 3.89. The third-order valence-electron chi connectivity index (χ3n) is 2.03. The molecule has 0 bridgehead atoms. The number of hydrogen-bond donors (Lipinski definition) is 1. The molecule has 7 heteroatoms. The molecule has 0 saturated carbocycles. The number of nitrogens with zero attached hydrogens (tertiary/aromatic N) is 3. The highest BCUT2D eigenvalue weighted by molar-refractivity contribution is 6.61. The molecule has 1 aliphatic heterocycles. The molecule has 0 unspecified atom stereocenters. The topological polar surface area (TPSA) is 78.2 Å². The third-order valence-corrected chi connectivity index (χ3v) is 2.03. The number of fused-ring (bicyclic) bond motifs is 1. The maximum atomic E-state index is 13.0. The Bertz CT molecular complexity index is 433. The van der Waals surface area contributed by atoms with Crippen LogP contribution in [0.3, 0.4) is 0 Å². The number of hydrogen-bond acceptors (Lipinski definition) is 3. The second-order valence-electron chi connectivity index (χ2n) is 2.85. The number of benzene rings is 1. The lowest BCUT2D eigenvalue weighted by Crippen LogP contribution is -2.28. The van der Waals surface area contributed by atoms with Crippen molar-refractivity contribution in [2.24, 2.45) is 5.11 Å². The average molecular weight is 193 g/mol. The Labute approximate surface area is 78.9 Å². The Balaban J connectivity index is 2.62. The highest BCUT2D eigenvalue weighted by atomic mass is 19.1. The van der Waals surface area contributed by atoms with Crippen LogP contribution >= 0.6 is 0 Å². The standard InChI is InChI=1S/C7H5BFN3O2/c9-4-1-6-5(3-14-8(6)13)7(2-4)11-12-10/h1-2,13H,3H2. The number of rotatable bonds is 1. The van der Waals surface area contributed by atoms with Crippen LogP contribution in [0.1, 0.15) is 5.56 Å². The van der Waals surface area contributed by atoms with Gasteiger partial charge in [0.05, 0.1) is 6.61 Å². The quantitative estimate of drug-likeness (QED) is 0.312. The Morgan fingerprint density at radius 3 is 3.14 bits per heavy atom. The molecule has 0 atom stereocenters. The molecular formula is C7H5BFN3O2. The van der Waals surface area contributed by atoms with E-state index in [9.17, 15) is 9.41 Å². The molecule has 1 heterocycles. The Morgan fingerprint density at radius 1 is 1.64 bits per heavy atom. The van der Waals surface area contributed by atoms with Gasteiger partial charge in [-0.1, -0.05) is 5.11 Å². The van der Waals surface area contributed by atoms with E-state index < -0.39 is 12.9 Å². The third kappa shape index (κ3) is 1.33. The summed E-state index contributed by atoms with van der Waals surface area (Å²) >= 11 is 0. The lowest BCUT2D eigenvalue weighted by Gasteiger charge is -2.01. The first kappa shape index (κ1) is 9.02. The summed E-state index contributed by atoms with van der Waals surface area (Å²) in [6.45, 7) is 0.130. The normalized spacial score (nSPS) is 13.7. The summed E-state index contributed by atoms with van der Waals surface area (Å²) in [4.78, 5) is 2.57. The van der Waals surface area contributed by atoms with Crippen LogP contribution in [0.5, 0.6) is 0 Å². The summed E-state index contributed by atoms with van der Waals surface area (Å²) in [7, 11) is -1.13. The second kappa shape index (κ2) is 3.30. The zero-order valence-electron chi connectivity index (χ0n) is 7.01. The first-order chi connectivity index (χ1) is 6.72. The fraction of sp³-hybridized carbons (Fsp3) is 0.143. The molecule has 0 fully saturated rings. The molecule has 1 N–H and O–H groups in total. The summed E-state index contributed by atoms with van der Waals surface area (Å²) in [5, 5.41) is 12.6. The van der Waals surface area contributed by atoms with E-state index in [0.29, 0.717) is 11.0 Å². The van der Waals surface area contributed by atoms with Gasteiger partial charge in [0.15, 0.2) is 0 Å². The number of halogens is 1. The van der Waals surface area contributed by atoms with Crippen molar-refractivity contribution >= 4 is 18.3 Å². The minimum atomic E-state index is -1.13. The summed E-state index contributed by atoms with van der Waals surface area (Å²) in [5.41, 5.74) is 9.27. The van der Waals surface area contributed by atoms with Gasteiger partial charge in [-0.15, -0.1) is 0 Å². The molecular weight excluding hydrogens is 188 g/mol. The van der Waals surface area contributed by atoms with E-state index in [1.54, 1.807) is 0 Å². The molecule has 1 aromatic carbocycles. The van der Waals surface area contributed by atoms with Crippen LogP contribution in [-0.4, -0.2) is 12.1 Å². The van der Waals surface area contributed by atoms with Gasteiger partial charge in [-0.3, -0.25) is 0 Å². The maximum absolute atomic E-state index is 13.0. The Kier molecular flexibility index (Phi) is 2.13. The molecule has 0 spiro atoms. The van der Waals surface area contributed by atoms with Gasteiger partial charge in [-0.05, 0) is 28.7 Å². The zero-order valence-corrected chi connectivity index (χ0v) is 7.01. The lowest BCUT2D eigenvalue weighted by atomic mass is 9.79. The molecule has 14 heavy (non-hydrogen) atoms. The van der Waals surface area contributed by atoms with E-state index in [-0.39, 0.29) is 12.3 Å². The predicted octanol–water partition coefficient (Wildman–Crippen LogP) is 0.985. The van der Waals surface area contributed by atoms with Crippen LogP contribution in [0.4, 0.5) is 10.1 Å². The van der Waals surface area contributed by atoms with E-state index in [4.69, 9.17) is 10.2 Å². The Hall–Kier alpha value is -1.56. The highest BCUT2D eigenvalue weighted by Crippen LogP contribution is 2.24. The highest BCUT2D eigenvalue weighted by Gasteiger charge is 2.29. The van der Waals surface area contributed by atoms with Crippen molar-refractivity contribution in [3.05, 3.63) is 34.0 Å². The molecule has 1 aromatic rings. The van der Waals surface area contributed by atoms with E-state index in [1.165, 1.54) is 6.07 Å². The summed E-state index contributed by atoms with van der Waals surface area (Å²) in [5.74, 6) is -0.560. The van der Waals surface area contributed by atoms with Crippen molar-refractivity contribution in [2.45, 2.75) is 6.61 Å². The molecule has 1 aliphatic rings. The van der Waals surface area contributed by atoms with Gasteiger partial charge >= 0.3 is 7.12 Å². The SMILES string of the molecule is [N-]=[N+]=Nc1cc(F)cc2c1COB2O. The van der Waals surface area contributed by atoms with Crippen molar-refractivity contribution in [2.75, 3.05) is 0 Å². The fourth-order valence-electron chi connectivity index (χ4n) is 1.41. The van der Waals surface area contributed by atoms with E-state index in [0.717, 1.165) is 6.07 Å². The van der Waals surface area contributed by atoms with Crippen LogP contribution in [0.2, 0.25) is 0 Å². The van der Waals surface area contributed by atoms with Gasteiger partial charge < -0.3 is 9.68 Å². The lowest BCUT2D eigenvalue weighted by molar-refractivity contribution is 0.275. The van der Waals surface area contributed by atoms with Crippen molar-refractivity contribution in [3.8, 4) is 0 Å². The maximum Gasteiger partial charge on any atom is 0.491 e. The summed E-state index contributed by atoms with van der Waals surface area (Å²) in [6.07, 6.45) is 0. The van der Waals surface area contributed by atoms with Crippen molar-refractivity contribution in [1.82, 2.24) is 0 Å². The van der Waals surface area contributed by atoms with E-state index in [2.05, 4.69) is 10.0 Å². The molecule has 70 valence electrons. The van der Waals surface area contributed by atoms with Gasteiger partial charge in [-0.2, -0.15) is 0 Å². The molecule has 0 saturated heterocycles. The molecule has 0 aliphatic carbocycles. The fourth-order valence-corrected chi connectivity index (χ4v) is 1.41. The predicted molar refractivity (Wildman–Crippen MR) is 47.6 cm³/mol. The van der Waals surface area contributed by atoms with E-state index in [1.807, 2.05) is 0 Å². The molecule has 0 aromatic heterocycles. The van der Waals surface area contributed by atoms with Gasteiger partial charge in [-0.25, -0.2) is 4.39 Å². The van der Waals surface area contributed by atoms with Crippen LogP contribution in [0.15, 0.2) is 17.2 Å². The minimum absolute atomic E-state index is 0.130. The molecule has 0 radical (unpaired) electrons. The van der Waals surface area contributed by atoms with Crippen LogP contribution in [0.25, 0.3) is 10.4 Å². The summed E-state index contributed by atoms with van der Waals surface area (Å²) < 4.78 is 17.8. The molecule has 0 amide bonds. The minimum Gasteiger partial charge on any atom is -0.423 e.